The fourth-order valence-corrected chi connectivity index (χ4v) is 3.82. The molecule has 0 bridgehead atoms. The third kappa shape index (κ3) is 6.32. The maximum absolute atomic E-state index is 12.3. The first-order valence-corrected chi connectivity index (χ1v) is 12.4. The zero-order valence-corrected chi connectivity index (χ0v) is 15.1. The van der Waals surface area contributed by atoms with Crippen LogP contribution in [0.1, 0.15) is 6.42 Å². The number of hydrogen-bond donors (Lipinski definition) is 2. The van der Waals surface area contributed by atoms with E-state index in [1.165, 1.54) is 0 Å². The second-order valence-corrected chi connectivity index (χ2v) is 13.2. The summed E-state index contributed by atoms with van der Waals surface area (Å²) >= 11 is 0. The van der Waals surface area contributed by atoms with E-state index in [4.69, 9.17) is 5.11 Å². The smallest absolute Gasteiger partial charge is 0.178 e. The van der Waals surface area contributed by atoms with Gasteiger partial charge in [0.1, 0.15) is 8.07 Å². The number of aliphatic hydroxyl groups is 2. The van der Waals surface area contributed by atoms with Crippen molar-refractivity contribution >= 4 is 17.9 Å². The quantitative estimate of drug-likeness (QED) is 0.610. The SMILES string of the molecule is C[Si](C)(C)C#C[C@@H](CCS(=O)(=O)c1ccccc1)[C@H](O)CO. The van der Waals surface area contributed by atoms with E-state index < -0.39 is 36.5 Å². The molecule has 0 fully saturated rings. The van der Waals surface area contributed by atoms with Crippen LogP contribution in [0.2, 0.25) is 19.6 Å². The van der Waals surface area contributed by atoms with Gasteiger partial charge in [-0.25, -0.2) is 8.42 Å². The van der Waals surface area contributed by atoms with Crippen LogP contribution in [0.25, 0.3) is 0 Å². The normalized spacial score (nSPS) is 14.8. The second kappa shape index (κ2) is 7.93. The number of hydrogen-bond acceptors (Lipinski definition) is 4. The molecular formula is C16H24O4SSi. The van der Waals surface area contributed by atoms with E-state index in [9.17, 15) is 13.5 Å². The Balaban J connectivity index is 2.85. The molecule has 2 N–H and O–H groups in total. The molecule has 0 aliphatic heterocycles. The lowest BCUT2D eigenvalue weighted by Crippen LogP contribution is -2.26. The van der Waals surface area contributed by atoms with E-state index in [-0.39, 0.29) is 17.1 Å². The molecule has 22 heavy (non-hydrogen) atoms. The molecule has 0 saturated heterocycles. The minimum Gasteiger partial charge on any atom is -0.394 e. The lowest BCUT2D eigenvalue weighted by atomic mass is 10.0. The molecule has 0 amide bonds. The van der Waals surface area contributed by atoms with Crippen molar-refractivity contribution in [1.82, 2.24) is 0 Å². The van der Waals surface area contributed by atoms with Crippen LogP contribution in [0, 0.1) is 17.4 Å². The second-order valence-electron chi connectivity index (χ2n) is 6.30. The topological polar surface area (TPSA) is 74.6 Å². The van der Waals surface area contributed by atoms with E-state index in [1.807, 2.05) is 0 Å². The lowest BCUT2D eigenvalue weighted by molar-refractivity contribution is 0.0650. The zero-order valence-electron chi connectivity index (χ0n) is 13.3. The molecule has 122 valence electrons. The molecule has 0 spiro atoms. The van der Waals surface area contributed by atoms with Crippen LogP contribution >= 0.6 is 0 Å². The van der Waals surface area contributed by atoms with Crippen molar-refractivity contribution in [2.75, 3.05) is 12.4 Å². The van der Waals surface area contributed by atoms with Gasteiger partial charge in [0.2, 0.25) is 0 Å². The Morgan fingerprint density at radius 3 is 2.27 bits per heavy atom. The number of sulfone groups is 1. The highest BCUT2D eigenvalue weighted by Crippen LogP contribution is 2.16. The van der Waals surface area contributed by atoms with Crippen molar-refractivity contribution in [1.29, 1.82) is 0 Å². The van der Waals surface area contributed by atoms with Crippen LogP contribution in [0.4, 0.5) is 0 Å². The van der Waals surface area contributed by atoms with Gasteiger partial charge in [0, 0.05) is 5.92 Å². The summed E-state index contributed by atoms with van der Waals surface area (Å²) < 4.78 is 24.5. The minimum absolute atomic E-state index is 0.0981. The zero-order chi connectivity index (χ0) is 16.8. The lowest BCUT2D eigenvalue weighted by Gasteiger charge is -2.17. The molecule has 1 aromatic carbocycles. The highest BCUT2D eigenvalue weighted by molar-refractivity contribution is 7.91. The van der Waals surface area contributed by atoms with Gasteiger partial charge in [-0.2, -0.15) is 0 Å². The van der Waals surface area contributed by atoms with Crippen molar-refractivity contribution in [3.8, 4) is 11.5 Å². The van der Waals surface area contributed by atoms with Gasteiger partial charge in [-0.3, -0.25) is 0 Å². The van der Waals surface area contributed by atoms with Gasteiger partial charge < -0.3 is 10.2 Å². The summed E-state index contributed by atoms with van der Waals surface area (Å²) in [5, 5.41) is 19.0. The number of benzene rings is 1. The standard InChI is InChI=1S/C16H24O4SSi/c1-22(2,3)12-10-14(16(18)13-17)9-11-21(19,20)15-7-5-4-6-8-15/h4-8,14,16-18H,9,11,13H2,1-3H3/t14-,16-/m1/s1. The van der Waals surface area contributed by atoms with Gasteiger partial charge in [0.15, 0.2) is 9.84 Å². The maximum atomic E-state index is 12.3. The van der Waals surface area contributed by atoms with Crippen molar-refractivity contribution in [3.63, 3.8) is 0 Å². The van der Waals surface area contributed by atoms with Gasteiger partial charge in [-0.15, -0.1) is 11.5 Å². The Labute approximate surface area is 134 Å². The molecule has 0 heterocycles. The summed E-state index contributed by atoms with van der Waals surface area (Å²) in [7, 11) is -5.02. The Morgan fingerprint density at radius 2 is 1.77 bits per heavy atom. The first-order chi connectivity index (χ1) is 10.2. The molecular weight excluding hydrogens is 316 g/mol. The predicted octanol–water partition coefficient (Wildman–Crippen LogP) is 1.70. The molecule has 1 rings (SSSR count). The fraction of sp³-hybridized carbons (Fsp3) is 0.500. The Hall–Kier alpha value is -1.13. The summed E-state index contributed by atoms with van der Waals surface area (Å²) in [6, 6.07) is 8.23. The van der Waals surface area contributed by atoms with Crippen molar-refractivity contribution in [2.24, 2.45) is 5.92 Å². The summed E-state index contributed by atoms with van der Waals surface area (Å²) in [5.41, 5.74) is 3.14. The van der Waals surface area contributed by atoms with E-state index >= 15 is 0 Å². The predicted molar refractivity (Wildman–Crippen MR) is 90.8 cm³/mol. The van der Waals surface area contributed by atoms with Gasteiger partial charge >= 0.3 is 0 Å². The Bertz CT molecular complexity index is 624. The van der Waals surface area contributed by atoms with Gasteiger partial charge in [0.25, 0.3) is 0 Å². The summed E-state index contributed by atoms with van der Waals surface area (Å²) in [6.45, 7) is 5.80. The van der Waals surface area contributed by atoms with E-state index in [0.29, 0.717) is 0 Å². The van der Waals surface area contributed by atoms with Crippen LogP contribution in [0.3, 0.4) is 0 Å². The van der Waals surface area contributed by atoms with Crippen LogP contribution in [-0.4, -0.2) is 45.2 Å². The molecule has 0 unspecified atom stereocenters. The molecule has 0 radical (unpaired) electrons. The van der Waals surface area contributed by atoms with Crippen LogP contribution in [0.15, 0.2) is 35.2 Å². The summed E-state index contributed by atoms with van der Waals surface area (Å²) in [6.07, 6.45) is -0.814. The number of rotatable bonds is 6. The van der Waals surface area contributed by atoms with Crippen molar-refractivity contribution in [3.05, 3.63) is 30.3 Å². The fourth-order valence-electron chi connectivity index (χ4n) is 1.82. The summed E-state index contributed by atoms with van der Waals surface area (Å²) in [5.74, 6) is 2.34. The minimum atomic E-state index is -3.40. The molecule has 2 atom stereocenters. The molecule has 6 heteroatoms. The molecule has 0 aliphatic carbocycles. The Morgan fingerprint density at radius 1 is 1.18 bits per heavy atom. The highest BCUT2D eigenvalue weighted by atomic mass is 32.2. The molecule has 1 aromatic rings. The van der Waals surface area contributed by atoms with Gasteiger partial charge in [0.05, 0.1) is 23.4 Å². The van der Waals surface area contributed by atoms with Gasteiger partial charge in [-0.05, 0) is 18.6 Å². The average molecular weight is 341 g/mol. The van der Waals surface area contributed by atoms with E-state index in [2.05, 4.69) is 31.1 Å². The molecule has 0 aromatic heterocycles. The number of aliphatic hydroxyl groups excluding tert-OH is 2. The summed E-state index contributed by atoms with van der Waals surface area (Å²) in [4.78, 5) is 0.269. The van der Waals surface area contributed by atoms with Crippen molar-refractivity contribution < 1.29 is 18.6 Å². The average Bonchev–Trinajstić information content (AvgIpc) is 2.46. The van der Waals surface area contributed by atoms with Crippen LogP contribution < -0.4 is 0 Å². The van der Waals surface area contributed by atoms with Gasteiger partial charge in [-0.1, -0.05) is 37.8 Å². The molecule has 4 nitrogen and oxygen atoms in total. The monoisotopic (exact) mass is 340 g/mol. The van der Waals surface area contributed by atoms with Crippen LogP contribution in [0.5, 0.6) is 0 Å². The molecule has 0 saturated carbocycles. The Kier molecular flexibility index (Phi) is 6.82. The van der Waals surface area contributed by atoms with Crippen LogP contribution in [-0.2, 0) is 9.84 Å². The third-order valence-electron chi connectivity index (χ3n) is 3.08. The first-order valence-electron chi connectivity index (χ1n) is 7.25. The maximum Gasteiger partial charge on any atom is 0.178 e. The van der Waals surface area contributed by atoms with E-state index in [0.717, 1.165) is 0 Å². The molecule has 0 aliphatic rings. The van der Waals surface area contributed by atoms with E-state index in [1.54, 1.807) is 30.3 Å². The first kappa shape index (κ1) is 18.9. The third-order valence-corrected chi connectivity index (χ3v) is 5.74. The largest absolute Gasteiger partial charge is 0.394 e. The van der Waals surface area contributed by atoms with Crippen molar-refractivity contribution in [2.45, 2.75) is 37.1 Å². The highest BCUT2D eigenvalue weighted by Gasteiger charge is 2.22.